The van der Waals surface area contributed by atoms with Crippen molar-refractivity contribution in [3.05, 3.63) is 119 Å². The third-order valence-corrected chi connectivity index (χ3v) is 10.6. The zero-order valence-corrected chi connectivity index (χ0v) is 26.1. The highest BCUT2D eigenvalue weighted by atomic mass is 15.2. The maximum Gasteiger partial charge on any atom is 0.252 e. The Bertz CT molecular complexity index is 1810. The van der Waals surface area contributed by atoms with Crippen LogP contribution in [0, 0.1) is 0 Å². The van der Waals surface area contributed by atoms with E-state index in [4.69, 9.17) is 0 Å². The van der Waals surface area contributed by atoms with Gasteiger partial charge in [0.15, 0.2) is 0 Å². The summed E-state index contributed by atoms with van der Waals surface area (Å²) in [6, 6.07) is 36.6. The fraction of sp³-hybridized carbons (Fsp3) is 0.250. The van der Waals surface area contributed by atoms with Crippen LogP contribution in [-0.2, 0) is 12.8 Å². The molecule has 9 rings (SSSR count). The number of benzene rings is 5. The first-order valence-electron chi connectivity index (χ1n) is 16.5. The monoisotopic (exact) mass is 571 g/mol. The minimum atomic E-state index is 0.254. The molecule has 44 heavy (non-hydrogen) atoms. The van der Waals surface area contributed by atoms with Crippen molar-refractivity contribution in [2.24, 2.45) is 0 Å². The van der Waals surface area contributed by atoms with Gasteiger partial charge in [-0.05, 0) is 99.7 Å². The van der Waals surface area contributed by atoms with E-state index < -0.39 is 0 Å². The highest BCUT2D eigenvalue weighted by Crippen LogP contribution is 2.49. The molecule has 5 aromatic rings. The van der Waals surface area contributed by atoms with Crippen molar-refractivity contribution in [1.82, 2.24) is 0 Å². The highest BCUT2D eigenvalue weighted by molar-refractivity contribution is 7.00. The van der Waals surface area contributed by atoms with Crippen molar-refractivity contribution in [3.8, 4) is 0 Å². The van der Waals surface area contributed by atoms with Crippen LogP contribution in [0.1, 0.15) is 61.8 Å². The van der Waals surface area contributed by atoms with Gasteiger partial charge in [0, 0.05) is 47.2 Å². The number of hydrogen-bond acceptors (Lipinski definition) is 3. The summed E-state index contributed by atoms with van der Waals surface area (Å²) >= 11 is 0. The number of anilines is 7. The number of para-hydroxylation sites is 2. The molecule has 0 aliphatic carbocycles. The van der Waals surface area contributed by atoms with Crippen molar-refractivity contribution in [2.75, 3.05) is 27.8 Å². The Balaban J connectivity index is 1.36. The molecule has 0 spiro atoms. The molecule has 4 heterocycles. The first-order valence-corrected chi connectivity index (χ1v) is 16.5. The topological polar surface area (TPSA) is 9.72 Å². The maximum absolute atomic E-state index is 2.67. The van der Waals surface area contributed by atoms with Gasteiger partial charge in [-0.3, -0.25) is 0 Å². The third kappa shape index (κ3) is 3.51. The van der Waals surface area contributed by atoms with E-state index in [9.17, 15) is 0 Å². The molecule has 4 aliphatic heterocycles. The van der Waals surface area contributed by atoms with E-state index in [-0.39, 0.29) is 6.71 Å². The second kappa shape index (κ2) is 9.53. The summed E-state index contributed by atoms with van der Waals surface area (Å²) in [5, 5.41) is 0. The van der Waals surface area contributed by atoms with Crippen LogP contribution in [0.2, 0.25) is 0 Å². The average molecular weight is 572 g/mol. The van der Waals surface area contributed by atoms with E-state index in [2.05, 4.69) is 139 Å². The van der Waals surface area contributed by atoms with Crippen LogP contribution in [0.4, 0.5) is 39.8 Å². The molecule has 0 radical (unpaired) electrons. The van der Waals surface area contributed by atoms with Crippen LogP contribution in [0.3, 0.4) is 0 Å². The minimum Gasteiger partial charge on any atom is -0.342 e. The van der Waals surface area contributed by atoms with Crippen LogP contribution < -0.4 is 31.1 Å². The quantitative estimate of drug-likeness (QED) is 0.198. The molecule has 0 unspecified atom stereocenters. The predicted octanol–water partition coefficient (Wildman–Crippen LogP) is 7.93. The van der Waals surface area contributed by atoms with Crippen molar-refractivity contribution in [3.63, 3.8) is 0 Å². The molecular formula is C40H38BN3. The maximum atomic E-state index is 2.67. The molecule has 0 aromatic heterocycles. The Morgan fingerprint density at radius 2 is 1.02 bits per heavy atom. The number of nitrogens with zero attached hydrogens (tertiary/aromatic N) is 3. The Kier molecular flexibility index (Phi) is 5.63. The lowest BCUT2D eigenvalue weighted by molar-refractivity contribution is 0.848. The number of hydrogen-bond donors (Lipinski definition) is 0. The van der Waals surface area contributed by atoms with Gasteiger partial charge < -0.3 is 14.7 Å². The second-order valence-electron chi connectivity index (χ2n) is 13.6. The fourth-order valence-electron chi connectivity index (χ4n) is 8.76. The molecule has 0 amide bonds. The Morgan fingerprint density at radius 1 is 0.568 bits per heavy atom. The summed E-state index contributed by atoms with van der Waals surface area (Å²) in [5.74, 6) is 1.03. The van der Waals surface area contributed by atoms with Gasteiger partial charge in [-0.2, -0.15) is 0 Å². The molecular weight excluding hydrogens is 533 g/mol. The van der Waals surface area contributed by atoms with Crippen molar-refractivity contribution in [1.29, 1.82) is 0 Å². The van der Waals surface area contributed by atoms with Gasteiger partial charge in [-0.25, -0.2) is 0 Å². The third-order valence-electron chi connectivity index (χ3n) is 10.6. The molecule has 0 saturated heterocycles. The molecule has 4 heteroatoms. The molecule has 0 atom stereocenters. The Hall–Kier alpha value is -4.44. The summed E-state index contributed by atoms with van der Waals surface area (Å²) < 4.78 is 0. The molecule has 0 saturated carbocycles. The van der Waals surface area contributed by atoms with Gasteiger partial charge in [-0.15, -0.1) is 0 Å². The van der Waals surface area contributed by atoms with Crippen LogP contribution in [0.5, 0.6) is 0 Å². The molecule has 0 N–H and O–H groups in total. The number of rotatable bonds is 5. The molecule has 3 nitrogen and oxygen atoms in total. The van der Waals surface area contributed by atoms with E-state index >= 15 is 0 Å². The Morgan fingerprint density at radius 3 is 1.45 bits per heavy atom. The van der Waals surface area contributed by atoms with Gasteiger partial charge >= 0.3 is 0 Å². The Labute approximate surface area is 261 Å². The molecule has 0 fully saturated rings. The van der Waals surface area contributed by atoms with Crippen LogP contribution in [0.25, 0.3) is 0 Å². The van der Waals surface area contributed by atoms with E-state index in [1.54, 1.807) is 11.1 Å². The SMILES string of the molecule is CC(C)c1ccc2c3c1CCN3c1cc(N(c3ccccc3)c3ccccc3)cc3c1B2c1ccc(C(C)C)c2c1N3CC2. The highest BCUT2D eigenvalue weighted by Gasteiger charge is 2.47. The lowest BCUT2D eigenvalue weighted by Crippen LogP contribution is -2.61. The van der Waals surface area contributed by atoms with Gasteiger partial charge in [0.05, 0.1) is 5.69 Å². The average Bonchev–Trinajstić information content (AvgIpc) is 3.69. The summed E-state index contributed by atoms with van der Waals surface area (Å²) in [6.07, 6.45) is 2.22. The standard InChI is InChI=1S/C40H38BN3/c1-25(2)30-15-17-34-39-32(30)19-21-42(39)36-23-29(44(27-11-7-5-8-12-27)28-13-9-6-10-14-28)24-37-38(36)41(34)35-18-16-31(26(3)4)33-20-22-43(37)40(33)35/h5-18,23-26H,19-22H2,1-4H3. The molecule has 5 aromatic carbocycles. The zero-order valence-electron chi connectivity index (χ0n) is 26.1. The molecule has 0 bridgehead atoms. The van der Waals surface area contributed by atoms with Gasteiger partial charge in [0.1, 0.15) is 0 Å². The van der Waals surface area contributed by atoms with Gasteiger partial charge in [0.2, 0.25) is 0 Å². The normalized spacial score (nSPS) is 15.2. The smallest absolute Gasteiger partial charge is 0.252 e. The zero-order chi connectivity index (χ0) is 29.7. The molecule has 216 valence electrons. The minimum absolute atomic E-state index is 0.254. The molecule has 4 aliphatic rings. The second-order valence-corrected chi connectivity index (χ2v) is 13.6. The summed E-state index contributed by atoms with van der Waals surface area (Å²) in [6.45, 7) is 11.7. The lowest BCUT2D eigenvalue weighted by atomic mass is 9.33. The van der Waals surface area contributed by atoms with E-state index in [1.807, 2.05) is 0 Å². The first kappa shape index (κ1) is 26.0. The summed E-state index contributed by atoms with van der Waals surface area (Å²) in [7, 11) is 0. The van der Waals surface area contributed by atoms with Crippen molar-refractivity contribution < 1.29 is 0 Å². The summed E-state index contributed by atoms with van der Waals surface area (Å²) in [4.78, 5) is 7.79. The predicted molar refractivity (Wildman–Crippen MR) is 188 cm³/mol. The van der Waals surface area contributed by atoms with Crippen LogP contribution in [0.15, 0.2) is 97.1 Å². The fourth-order valence-corrected chi connectivity index (χ4v) is 8.76. The van der Waals surface area contributed by atoms with Crippen molar-refractivity contribution >= 4 is 62.9 Å². The van der Waals surface area contributed by atoms with Gasteiger partial charge in [0.25, 0.3) is 6.71 Å². The first-order chi connectivity index (χ1) is 21.5. The van der Waals surface area contributed by atoms with E-state index in [1.165, 1.54) is 67.3 Å². The lowest BCUT2D eigenvalue weighted by Gasteiger charge is -2.43. The van der Waals surface area contributed by atoms with E-state index in [0.29, 0.717) is 11.8 Å². The van der Waals surface area contributed by atoms with E-state index in [0.717, 1.165) is 25.9 Å². The van der Waals surface area contributed by atoms with Crippen LogP contribution >= 0.6 is 0 Å². The van der Waals surface area contributed by atoms with Crippen molar-refractivity contribution in [2.45, 2.75) is 52.4 Å². The van der Waals surface area contributed by atoms with Gasteiger partial charge in [-0.1, -0.05) is 88.4 Å². The van der Waals surface area contributed by atoms with Crippen LogP contribution in [-0.4, -0.2) is 19.8 Å². The number of fused-ring (bicyclic) bond motifs is 4. The summed E-state index contributed by atoms with van der Waals surface area (Å²) in [5.41, 5.74) is 20.0. The largest absolute Gasteiger partial charge is 0.342 e.